The number of allylic oxidation sites excluding steroid dienone is 1. The Morgan fingerprint density at radius 1 is 1.00 bits per heavy atom. The fraction of sp³-hybridized carbons (Fsp3) is 0.875. The van der Waals surface area contributed by atoms with Crippen LogP contribution < -0.4 is 0 Å². The van der Waals surface area contributed by atoms with Crippen molar-refractivity contribution in [2.45, 2.75) is 100 Å². The maximum absolute atomic E-state index is 5.37. The van der Waals surface area contributed by atoms with Crippen molar-refractivity contribution in [1.82, 2.24) is 4.90 Å². The fourth-order valence-corrected chi connectivity index (χ4v) is 2.80. The summed E-state index contributed by atoms with van der Waals surface area (Å²) in [7, 11) is 2.23. The average molecular weight is 462 g/mol. The molecule has 2 aliphatic heterocycles. The number of rotatable bonds is 3. The second kappa shape index (κ2) is 34.3. The standard InChI is InChI=1S/C9H17NO.C6H13.C3H6.3C2H6.Y/c1-10-5-2-9(8-10)3-6-11-7-4-9;1-3-5-6-4-2;1-3-2;3*1-2;/h2-8H2,1H3;1,3-6H2,2H3;3H,1H2,2H3;3*1-2H3;/q;-1;;;;;. The van der Waals surface area contributed by atoms with Crippen LogP contribution in [0.25, 0.3) is 0 Å². The van der Waals surface area contributed by atoms with E-state index in [-0.39, 0.29) is 32.7 Å². The van der Waals surface area contributed by atoms with Gasteiger partial charge in [0.15, 0.2) is 0 Å². The van der Waals surface area contributed by atoms with Gasteiger partial charge in [-0.15, -0.1) is 6.58 Å². The molecule has 2 nitrogen and oxygen atoms in total. The van der Waals surface area contributed by atoms with Gasteiger partial charge in [-0.25, -0.2) is 0 Å². The first-order valence-electron chi connectivity index (χ1n) is 11.3. The van der Waals surface area contributed by atoms with Crippen molar-refractivity contribution in [2.75, 3.05) is 33.4 Å². The van der Waals surface area contributed by atoms with Gasteiger partial charge in [0.25, 0.3) is 0 Å². The number of ether oxygens (including phenoxy) is 1. The van der Waals surface area contributed by atoms with E-state index in [2.05, 4.69) is 32.4 Å². The number of hydrogen-bond donors (Lipinski definition) is 0. The number of likely N-dealkylation sites (tertiary alicyclic amines) is 1. The Balaban J connectivity index is -0.0000000874. The van der Waals surface area contributed by atoms with Crippen LogP contribution in [0.15, 0.2) is 12.7 Å². The maximum Gasteiger partial charge on any atom is 0.0471 e. The van der Waals surface area contributed by atoms with E-state index >= 15 is 0 Å². The van der Waals surface area contributed by atoms with Crippen LogP contribution in [-0.2, 0) is 37.4 Å². The molecule has 165 valence electrons. The normalized spacial score (nSPS) is 15.9. The molecule has 2 rings (SSSR count). The van der Waals surface area contributed by atoms with Crippen LogP contribution in [0.1, 0.15) is 100 Å². The van der Waals surface area contributed by atoms with E-state index in [9.17, 15) is 0 Å². The molecule has 1 spiro atoms. The van der Waals surface area contributed by atoms with Gasteiger partial charge in [0.05, 0.1) is 0 Å². The summed E-state index contributed by atoms with van der Waals surface area (Å²) in [5.74, 6) is 0. The monoisotopic (exact) mass is 461 g/mol. The van der Waals surface area contributed by atoms with Gasteiger partial charge in [-0.05, 0) is 45.2 Å². The van der Waals surface area contributed by atoms with Crippen LogP contribution in [0, 0.1) is 12.3 Å². The predicted octanol–water partition coefficient (Wildman–Crippen LogP) is 7.79. The molecule has 0 bridgehead atoms. The van der Waals surface area contributed by atoms with Crippen LogP contribution in [0.5, 0.6) is 0 Å². The van der Waals surface area contributed by atoms with Crippen molar-refractivity contribution in [2.24, 2.45) is 5.41 Å². The Morgan fingerprint density at radius 2 is 1.44 bits per heavy atom. The molecule has 2 aliphatic rings. The Bertz CT molecular complexity index is 219. The minimum absolute atomic E-state index is 0. The van der Waals surface area contributed by atoms with E-state index in [4.69, 9.17) is 4.74 Å². The molecule has 0 aliphatic carbocycles. The summed E-state index contributed by atoms with van der Waals surface area (Å²) in [5, 5.41) is 0. The third-order valence-corrected chi connectivity index (χ3v) is 4.04. The summed E-state index contributed by atoms with van der Waals surface area (Å²) in [4.78, 5) is 2.45. The molecular weight excluding hydrogens is 407 g/mol. The van der Waals surface area contributed by atoms with Crippen molar-refractivity contribution < 1.29 is 37.4 Å². The van der Waals surface area contributed by atoms with Crippen LogP contribution >= 0.6 is 0 Å². The summed E-state index contributed by atoms with van der Waals surface area (Å²) in [6, 6.07) is 0. The Kier molecular flexibility index (Phi) is 48.7. The topological polar surface area (TPSA) is 12.5 Å². The zero-order chi connectivity index (χ0) is 21.3. The summed E-state index contributed by atoms with van der Waals surface area (Å²) in [5.41, 5.74) is 0.646. The van der Waals surface area contributed by atoms with E-state index in [0.717, 1.165) is 19.6 Å². The second-order valence-corrected chi connectivity index (χ2v) is 6.07. The molecule has 0 aromatic heterocycles. The minimum atomic E-state index is 0. The van der Waals surface area contributed by atoms with Gasteiger partial charge in [-0.3, -0.25) is 0 Å². The molecule has 0 atom stereocenters. The van der Waals surface area contributed by atoms with Crippen molar-refractivity contribution >= 4 is 0 Å². The Labute approximate surface area is 200 Å². The molecule has 0 N–H and O–H groups in total. The zero-order valence-corrected chi connectivity index (χ0v) is 23.5. The maximum atomic E-state index is 5.37. The Morgan fingerprint density at radius 3 is 1.70 bits per heavy atom. The molecule has 3 heteroatoms. The molecular formula is C24H54NOY-. The van der Waals surface area contributed by atoms with E-state index in [1.165, 1.54) is 51.6 Å². The van der Waals surface area contributed by atoms with Crippen molar-refractivity contribution in [3.05, 3.63) is 19.6 Å². The van der Waals surface area contributed by atoms with Crippen molar-refractivity contribution in [3.8, 4) is 0 Å². The summed E-state index contributed by atoms with van der Waals surface area (Å²) in [6.07, 6.45) is 10.8. The fourth-order valence-electron chi connectivity index (χ4n) is 2.80. The first-order valence-corrected chi connectivity index (χ1v) is 11.3. The SMILES string of the molecule is C=CC.CC.CC.CC.CN1CCC2(CCOCC2)C1.[CH2-]CCCCC.[Y]. The van der Waals surface area contributed by atoms with Gasteiger partial charge in [-0.2, -0.15) is 6.42 Å². The van der Waals surface area contributed by atoms with Crippen LogP contribution in [0.4, 0.5) is 0 Å². The molecule has 2 heterocycles. The molecule has 0 aromatic rings. The number of unbranched alkanes of at least 4 members (excludes halogenated alkanes) is 3. The first-order chi connectivity index (χ1) is 12.6. The molecule has 0 saturated carbocycles. The molecule has 0 aromatic carbocycles. The van der Waals surface area contributed by atoms with Crippen LogP contribution in [-0.4, -0.2) is 38.3 Å². The summed E-state index contributed by atoms with van der Waals surface area (Å²) >= 11 is 0. The molecule has 2 fully saturated rings. The smallest absolute Gasteiger partial charge is 0.0471 e. The van der Waals surface area contributed by atoms with Crippen LogP contribution in [0.3, 0.4) is 0 Å². The van der Waals surface area contributed by atoms with Gasteiger partial charge in [0.2, 0.25) is 0 Å². The van der Waals surface area contributed by atoms with E-state index < -0.39 is 0 Å². The van der Waals surface area contributed by atoms with E-state index in [1.54, 1.807) is 6.08 Å². The average Bonchev–Trinajstić information content (AvgIpc) is 3.06. The zero-order valence-electron chi connectivity index (χ0n) is 20.7. The predicted molar refractivity (Wildman–Crippen MR) is 124 cm³/mol. The van der Waals surface area contributed by atoms with Gasteiger partial charge in [-0.1, -0.05) is 73.8 Å². The molecule has 0 unspecified atom stereocenters. The molecule has 0 amide bonds. The first kappa shape index (κ1) is 38.4. The molecule has 27 heavy (non-hydrogen) atoms. The van der Waals surface area contributed by atoms with E-state index in [0.29, 0.717) is 5.41 Å². The minimum Gasteiger partial charge on any atom is -0.381 e. The second-order valence-electron chi connectivity index (χ2n) is 6.07. The summed E-state index contributed by atoms with van der Waals surface area (Å²) < 4.78 is 5.37. The van der Waals surface area contributed by atoms with Crippen LogP contribution in [0.2, 0.25) is 0 Å². The third kappa shape index (κ3) is 26.8. The van der Waals surface area contributed by atoms with Gasteiger partial charge < -0.3 is 16.6 Å². The third-order valence-electron chi connectivity index (χ3n) is 4.04. The van der Waals surface area contributed by atoms with Crippen molar-refractivity contribution in [1.29, 1.82) is 0 Å². The van der Waals surface area contributed by atoms with Gasteiger partial charge in [0, 0.05) is 52.5 Å². The number of nitrogens with zero attached hydrogens (tertiary/aromatic N) is 1. The van der Waals surface area contributed by atoms with Gasteiger partial charge >= 0.3 is 0 Å². The quantitative estimate of drug-likeness (QED) is 0.242. The summed E-state index contributed by atoms with van der Waals surface area (Å²) in [6.45, 7) is 27.8. The largest absolute Gasteiger partial charge is 0.381 e. The Hall–Kier alpha value is 0.764. The number of hydrogen-bond acceptors (Lipinski definition) is 2. The van der Waals surface area contributed by atoms with Gasteiger partial charge in [0.1, 0.15) is 0 Å². The molecule has 1 radical (unpaired) electrons. The van der Waals surface area contributed by atoms with Crippen molar-refractivity contribution in [3.63, 3.8) is 0 Å². The molecule has 2 saturated heterocycles. The van der Waals surface area contributed by atoms with E-state index in [1.807, 2.05) is 48.5 Å².